The van der Waals surface area contributed by atoms with Gasteiger partial charge in [0.25, 0.3) is 0 Å². The maximum atomic E-state index is 11.0. The molecule has 0 amide bonds. The molecule has 0 aliphatic heterocycles. The monoisotopic (exact) mass is 323 g/mol. The molecule has 3 aromatic heterocycles. The molecule has 3 rings (SSSR count). The number of carbonyl (C=O) groups is 1. The second-order valence-corrected chi connectivity index (χ2v) is 5.38. The zero-order chi connectivity index (χ0) is 12.7. The first-order valence-corrected chi connectivity index (χ1v) is 6.64. The highest BCUT2D eigenvalue weighted by molar-refractivity contribution is 9.10. The van der Waals surface area contributed by atoms with Crippen LogP contribution in [0, 0.1) is 0 Å². The van der Waals surface area contributed by atoms with Gasteiger partial charge >= 0.3 is 5.97 Å². The number of thiophene rings is 1. The summed E-state index contributed by atoms with van der Waals surface area (Å²) in [5, 5.41) is 15.1. The molecule has 7 heteroatoms. The second kappa shape index (κ2) is 4.18. The Morgan fingerprint density at radius 1 is 1.50 bits per heavy atom. The molecule has 90 valence electrons. The lowest BCUT2D eigenvalue weighted by Crippen LogP contribution is -1.98. The smallest absolute Gasteiger partial charge is 0.341 e. The molecule has 0 atom stereocenters. The summed E-state index contributed by atoms with van der Waals surface area (Å²) >= 11 is 4.95. The van der Waals surface area contributed by atoms with Gasteiger partial charge in [0.1, 0.15) is 5.56 Å². The first-order valence-electron chi connectivity index (χ1n) is 4.97. The van der Waals surface area contributed by atoms with Crippen molar-refractivity contribution in [3.8, 4) is 10.6 Å². The van der Waals surface area contributed by atoms with Crippen molar-refractivity contribution < 1.29 is 9.90 Å². The number of hydrogen-bond acceptors (Lipinski definition) is 4. The Bertz CT molecular complexity index is 750. The Kier molecular flexibility index (Phi) is 2.64. The Balaban J connectivity index is 2.28. The van der Waals surface area contributed by atoms with Gasteiger partial charge < -0.3 is 5.11 Å². The summed E-state index contributed by atoms with van der Waals surface area (Å²) in [6, 6.07) is 3.77. The van der Waals surface area contributed by atoms with Crippen molar-refractivity contribution in [2.45, 2.75) is 0 Å². The number of carboxylic acid groups (broad SMARTS) is 1. The molecule has 0 spiro atoms. The van der Waals surface area contributed by atoms with Gasteiger partial charge in [-0.05, 0) is 28.1 Å². The molecule has 1 N–H and O–H groups in total. The van der Waals surface area contributed by atoms with Crippen LogP contribution in [0.1, 0.15) is 10.4 Å². The molecule has 0 unspecified atom stereocenters. The molecule has 0 saturated carbocycles. The van der Waals surface area contributed by atoms with Gasteiger partial charge in [-0.3, -0.25) is 0 Å². The molecule has 0 saturated heterocycles. The van der Waals surface area contributed by atoms with E-state index in [4.69, 9.17) is 5.11 Å². The summed E-state index contributed by atoms with van der Waals surface area (Å²) in [6.45, 7) is 0. The van der Waals surface area contributed by atoms with E-state index >= 15 is 0 Å². The van der Waals surface area contributed by atoms with Crippen LogP contribution in [-0.2, 0) is 0 Å². The number of rotatable bonds is 2. The van der Waals surface area contributed by atoms with E-state index in [-0.39, 0.29) is 5.56 Å². The lowest BCUT2D eigenvalue weighted by atomic mass is 10.3. The lowest BCUT2D eigenvalue weighted by Gasteiger charge is -2.01. The van der Waals surface area contributed by atoms with Crippen LogP contribution in [0.2, 0.25) is 0 Å². The quantitative estimate of drug-likeness (QED) is 0.787. The van der Waals surface area contributed by atoms with E-state index in [1.54, 1.807) is 22.0 Å². The van der Waals surface area contributed by atoms with Gasteiger partial charge in [-0.25, -0.2) is 14.3 Å². The Morgan fingerprint density at radius 3 is 3.00 bits per heavy atom. The van der Waals surface area contributed by atoms with Crippen LogP contribution < -0.4 is 0 Å². The number of fused-ring (bicyclic) bond motifs is 1. The van der Waals surface area contributed by atoms with E-state index < -0.39 is 5.97 Å². The number of nitrogens with zero attached hydrogens (tertiary/aromatic N) is 3. The first-order chi connectivity index (χ1) is 8.66. The molecule has 0 aliphatic rings. The third-order valence-electron chi connectivity index (χ3n) is 2.45. The number of hydrogen-bond donors (Lipinski definition) is 1. The second-order valence-electron chi connectivity index (χ2n) is 3.56. The highest BCUT2D eigenvalue weighted by atomic mass is 79.9. The summed E-state index contributed by atoms with van der Waals surface area (Å²) in [5.74, 6) is -1.03. The van der Waals surface area contributed by atoms with E-state index in [0.29, 0.717) is 5.65 Å². The molecule has 18 heavy (non-hydrogen) atoms. The summed E-state index contributed by atoms with van der Waals surface area (Å²) < 4.78 is 2.53. The van der Waals surface area contributed by atoms with Crippen LogP contribution >= 0.6 is 27.3 Å². The maximum absolute atomic E-state index is 11.0. The zero-order valence-corrected chi connectivity index (χ0v) is 11.3. The van der Waals surface area contributed by atoms with Crippen LogP contribution in [0.5, 0.6) is 0 Å². The van der Waals surface area contributed by atoms with Gasteiger partial charge in [0.15, 0.2) is 5.65 Å². The summed E-state index contributed by atoms with van der Waals surface area (Å²) in [6.07, 6.45) is 2.91. The molecule has 3 aromatic rings. The van der Waals surface area contributed by atoms with Crippen molar-refractivity contribution in [1.29, 1.82) is 0 Å². The fraction of sp³-hybridized carbons (Fsp3) is 0. The SMILES string of the molecule is O=C(O)c1cnn2c(-c3cc(Br)cs3)ccnc12. The molecule has 5 nitrogen and oxygen atoms in total. The minimum absolute atomic E-state index is 0.104. The van der Waals surface area contributed by atoms with Gasteiger partial charge in [-0.2, -0.15) is 5.10 Å². The van der Waals surface area contributed by atoms with Crippen LogP contribution in [-0.4, -0.2) is 25.7 Å². The molecule has 0 fully saturated rings. The highest BCUT2D eigenvalue weighted by Crippen LogP contribution is 2.29. The van der Waals surface area contributed by atoms with Gasteiger partial charge in [0, 0.05) is 16.0 Å². The third-order valence-corrected chi connectivity index (χ3v) is 4.17. The lowest BCUT2D eigenvalue weighted by molar-refractivity contribution is 0.0699. The average molecular weight is 324 g/mol. The van der Waals surface area contributed by atoms with Gasteiger partial charge in [0.2, 0.25) is 0 Å². The zero-order valence-electron chi connectivity index (χ0n) is 8.87. The van der Waals surface area contributed by atoms with Crippen molar-refractivity contribution in [2.75, 3.05) is 0 Å². The largest absolute Gasteiger partial charge is 0.477 e. The molecule has 3 heterocycles. The number of aromatic nitrogens is 3. The Morgan fingerprint density at radius 2 is 2.33 bits per heavy atom. The molecule has 0 aromatic carbocycles. The normalized spacial score (nSPS) is 10.9. The van der Waals surface area contributed by atoms with Crippen molar-refractivity contribution >= 4 is 38.9 Å². The van der Waals surface area contributed by atoms with E-state index in [2.05, 4.69) is 26.0 Å². The summed E-state index contributed by atoms with van der Waals surface area (Å²) in [4.78, 5) is 16.1. The fourth-order valence-corrected chi connectivity index (χ4v) is 3.11. The Labute approximate surface area is 114 Å². The van der Waals surface area contributed by atoms with E-state index in [9.17, 15) is 4.79 Å². The van der Waals surface area contributed by atoms with Gasteiger partial charge in [-0.1, -0.05) is 0 Å². The average Bonchev–Trinajstić information content (AvgIpc) is 2.94. The summed E-state index contributed by atoms with van der Waals surface area (Å²) in [7, 11) is 0. The molecular formula is C11H6BrN3O2S. The number of carboxylic acids is 1. The fourth-order valence-electron chi connectivity index (χ4n) is 1.68. The van der Waals surface area contributed by atoms with Crippen molar-refractivity contribution in [3.05, 3.63) is 39.9 Å². The van der Waals surface area contributed by atoms with Crippen LogP contribution in [0.4, 0.5) is 0 Å². The van der Waals surface area contributed by atoms with Crippen LogP contribution in [0.25, 0.3) is 16.2 Å². The minimum Gasteiger partial charge on any atom is -0.477 e. The van der Waals surface area contributed by atoms with E-state index in [1.165, 1.54) is 6.20 Å². The number of halogens is 1. The van der Waals surface area contributed by atoms with Crippen molar-refractivity contribution in [3.63, 3.8) is 0 Å². The van der Waals surface area contributed by atoms with Gasteiger partial charge in [0.05, 0.1) is 16.8 Å². The Hall–Kier alpha value is -1.73. The van der Waals surface area contributed by atoms with Crippen molar-refractivity contribution in [1.82, 2.24) is 14.6 Å². The highest BCUT2D eigenvalue weighted by Gasteiger charge is 2.15. The standard InChI is InChI=1S/C11H6BrN3O2S/c12-6-3-9(18-5-6)8-1-2-13-10-7(11(16)17)4-14-15(8)10/h1-5H,(H,16,17). The molecular weight excluding hydrogens is 318 g/mol. The maximum Gasteiger partial charge on any atom is 0.341 e. The molecule has 0 bridgehead atoms. The van der Waals surface area contributed by atoms with Crippen LogP contribution in [0.3, 0.4) is 0 Å². The predicted molar refractivity (Wildman–Crippen MR) is 71.0 cm³/mol. The first kappa shape index (κ1) is 11.4. The topological polar surface area (TPSA) is 67.5 Å². The van der Waals surface area contributed by atoms with Crippen molar-refractivity contribution in [2.24, 2.45) is 0 Å². The number of aromatic carboxylic acids is 1. The molecule has 0 aliphatic carbocycles. The minimum atomic E-state index is -1.03. The van der Waals surface area contributed by atoms with E-state index in [0.717, 1.165) is 15.0 Å². The van der Waals surface area contributed by atoms with E-state index in [1.807, 2.05) is 17.5 Å². The van der Waals surface area contributed by atoms with Gasteiger partial charge in [-0.15, -0.1) is 11.3 Å². The molecule has 0 radical (unpaired) electrons. The predicted octanol–water partition coefficient (Wildman–Crippen LogP) is 2.92. The summed E-state index contributed by atoms with van der Waals surface area (Å²) in [5.41, 5.74) is 1.28. The van der Waals surface area contributed by atoms with Crippen LogP contribution in [0.15, 0.2) is 34.4 Å². The third kappa shape index (κ3) is 1.72.